The van der Waals surface area contributed by atoms with Crippen molar-refractivity contribution in [1.82, 2.24) is 14.7 Å². The number of amides is 1. The third-order valence-corrected chi connectivity index (χ3v) is 7.21. The van der Waals surface area contributed by atoms with Gasteiger partial charge >= 0.3 is 0 Å². The zero-order chi connectivity index (χ0) is 20.5. The van der Waals surface area contributed by atoms with Crippen molar-refractivity contribution in [1.29, 1.82) is 0 Å². The minimum Gasteiger partial charge on any atom is -0.338 e. The highest BCUT2D eigenvalue weighted by Crippen LogP contribution is 2.27. The van der Waals surface area contributed by atoms with Gasteiger partial charge in [0.25, 0.3) is 0 Å². The summed E-state index contributed by atoms with van der Waals surface area (Å²) in [5.74, 6) is 0.190. The molecule has 0 N–H and O–H groups in total. The van der Waals surface area contributed by atoms with E-state index < -0.39 is 9.84 Å². The lowest BCUT2D eigenvalue weighted by atomic mass is 10.1. The third-order valence-electron chi connectivity index (χ3n) is 5.11. The van der Waals surface area contributed by atoms with E-state index in [9.17, 15) is 13.2 Å². The quantitative estimate of drug-likeness (QED) is 0.695. The fraction of sp³-hybridized carbons (Fsp3) is 0.400. The van der Waals surface area contributed by atoms with Gasteiger partial charge in [0, 0.05) is 35.9 Å². The minimum atomic E-state index is -2.98. The van der Waals surface area contributed by atoms with Crippen LogP contribution in [0, 0.1) is 13.8 Å². The molecule has 1 aliphatic heterocycles. The van der Waals surface area contributed by atoms with E-state index in [0.717, 1.165) is 22.5 Å². The van der Waals surface area contributed by atoms with Gasteiger partial charge in [-0.05, 0) is 38.0 Å². The van der Waals surface area contributed by atoms with Crippen molar-refractivity contribution in [3.05, 3.63) is 57.9 Å². The van der Waals surface area contributed by atoms with Gasteiger partial charge in [-0.15, -0.1) is 0 Å². The number of rotatable bonds is 5. The molecule has 1 amide bonds. The third kappa shape index (κ3) is 4.47. The molecule has 1 aliphatic rings. The Morgan fingerprint density at radius 2 is 2.07 bits per heavy atom. The number of sulfone groups is 1. The Hall–Kier alpha value is -2.12. The maximum atomic E-state index is 12.5. The molecule has 0 spiro atoms. The summed E-state index contributed by atoms with van der Waals surface area (Å²) in [4.78, 5) is 14.1. The van der Waals surface area contributed by atoms with Gasteiger partial charge in [-0.1, -0.05) is 29.8 Å². The number of aryl methyl sites for hydroxylation is 1. The van der Waals surface area contributed by atoms with Crippen LogP contribution in [0.15, 0.2) is 30.3 Å². The van der Waals surface area contributed by atoms with Crippen LogP contribution < -0.4 is 0 Å². The number of likely N-dealkylation sites (N-methyl/N-ethyl adjacent to an activating group) is 1. The van der Waals surface area contributed by atoms with Crippen molar-refractivity contribution in [3.63, 3.8) is 0 Å². The van der Waals surface area contributed by atoms with E-state index in [2.05, 4.69) is 5.10 Å². The summed E-state index contributed by atoms with van der Waals surface area (Å²) in [5, 5.41) is 5.15. The second-order valence-corrected chi connectivity index (χ2v) is 9.84. The second-order valence-electron chi connectivity index (χ2n) is 7.20. The zero-order valence-corrected chi connectivity index (χ0v) is 17.8. The van der Waals surface area contributed by atoms with Crippen LogP contribution in [0.1, 0.15) is 35.0 Å². The first-order valence-corrected chi connectivity index (χ1v) is 11.3. The molecule has 0 radical (unpaired) electrons. The fourth-order valence-corrected chi connectivity index (χ4v) is 5.35. The Morgan fingerprint density at radius 3 is 2.71 bits per heavy atom. The molecule has 1 fully saturated rings. The number of nitrogens with zero attached hydrogens (tertiary/aromatic N) is 3. The Labute approximate surface area is 170 Å². The van der Waals surface area contributed by atoms with Gasteiger partial charge in [-0.25, -0.2) is 8.42 Å². The predicted octanol–water partition coefficient (Wildman–Crippen LogP) is 3.18. The van der Waals surface area contributed by atoms with Crippen LogP contribution in [0.4, 0.5) is 0 Å². The molecule has 1 saturated heterocycles. The first kappa shape index (κ1) is 20.6. The molecule has 6 nitrogen and oxygen atoms in total. The molecule has 28 heavy (non-hydrogen) atoms. The van der Waals surface area contributed by atoms with Crippen LogP contribution in [0.3, 0.4) is 0 Å². The summed E-state index contributed by atoms with van der Waals surface area (Å²) in [6.45, 7) is 4.22. The lowest BCUT2D eigenvalue weighted by molar-refractivity contribution is -0.125. The second kappa shape index (κ2) is 8.09. The van der Waals surface area contributed by atoms with Gasteiger partial charge in [-0.2, -0.15) is 5.10 Å². The van der Waals surface area contributed by atoms with Crippen molar-refractivity contribution in [2.24, 2.45) is 0 Å². The van der Waals surface area contributed by atoms with Crippen molar-refractivity contribution in [2.75, 3.05) is 18.6 Å². The monoisotopic (exact) mass is 421 g/mol. The maximum Gasteiger partial charge on any atom is 0.246 e. The number of benzene rings is 1. The highest BCUT2D eigenvalue weighted by Gasteiger charge is 2.31. The Bertz CT molecular complexity index is 1030. The van der Waals surface area contributed by atoms with Gasteiger partial charge in [0.2, 0.25) is 5.91 Å². The van der Waals surface area contributed by atoms with Gasteiger partial charge in [0.05, 0.1) is 23.2 Å². The smallest absolute Gasteiger partial charge is 0.246 e. The van der Waals surface area contributed by atoms with E-state index in [1.54, 1.807) is 24.1 Å². The maximum absolute atomic E-state index is 12.5. The lowest BCUT2D eigenvalue weighted by Crippen LogP contribution is -2.24. The van der Waals surface area contributed by atoms with Crippen LogP contribution in [0.2, 0.25) is 5.02 Å². The molecule has 0 bridgehead atoms. The van der Waals surface area contributed by atoms with Crippen LogP contribution in [0.25, 0.3) is 6.08 Å². The molecule has 3 rings (SSSR count). The normalized spacial score (nSPS) is 18.6. The molecule has 1 atom stereocenters. The van der Waals surface area contributed by atoms with Crippen molar-refractivity contribution in [2.45, 2.75) is 32.9 Å². The summed E-state index contributed by atoms with van der Waals surface area (Å²) in [5.41, 5.74) is 3.46. The van der Waals surface area contributed by atoms with E-state index in [1.165, 1.54) is 6.08 Å². The molecule has 8 heteroatoms. The van der Waals surface area contributed by atoms with E-state index in [-0.39, 0.29) is 23.5 Å². The first-order valence-electron chi connectivity index (χ1n) is 9.10. The van der Waals surface area contributed by atoms with Crippen molar-refractivity contribution >= 4 is 33.4 Å². The molecule has 2 heterocycles. The minimum absolute atomic E-state index is 0.126. The number of carbonyl (C=O) groups is 1. The molecule has 0 aliphatic carbocycles. The predicted molar refractivity (Wildman–Crippen MR) is 111 cm³/mol. The highest BCUT2D eigenvalue weighted by molar-refractivity contribution is 7.91. The number of carbonyl (C=O) groups excluding carboxylic acids is 1. The standard InChI is InChI=1S/C20H24ClN3O3S/c1-14-18(15(2)24(22-14)17-10-11-28(26,27)13-17)12-23(3)20(25)9-8-16-6-4-5-7-19(16)21/h4-9,17H,10-13H2,1-3H3/b9-8+/t17-/m1/s1. The summed E-state index contributed by atoms with van der Waals surface area (Å²) in [6, 6.07) is 7.20. The number of hydrogen-bond acceptors (Lipinski definition) is 4. The molecule has 0 saturated carbocycles. The van der Waals surface area contributed by atoms with E-state index >= 15 is 0 Å². The van der Waals surface area contributed by atoms with Crippen LogP contribution in [-0.2, 0) is 21.2 Å². The molecule has 1 aromatic carbocycles. The van der Waals surface area contributed by atoms with Crippen LogP contribution >= 0.6 is 11.6 Å². The van der Waals surface area contributed by atoms with Gasteiger partial charge in [0.1, 0.15) is 0 Å². The van der Waals surface area contributed by atoms with Gasteiger partial charge in [0.15, 0.2) is 9.84 Å². The fourth-order valence-electron chi connectivity index (χ4n) is 3.46. The summed E-state index contributed by atoms with van der Waals surface area (Å²) < 4.78 is 25.4. The molecule has 0 unspecified atom stereocenters. The van der Waals surface area contributed by atoms with Crippen molar-refractivity contribution < 1.29 is 13.2 Å². The average molecular weight is 422 g/mol. The van der Waals surface area contributed by atoms with Crippen LogP contribution in [-0.4, -0.2) is 47.6 Å². The molecule has 150 valence electrons. The largest absolute Gasteiger partial charge is 0.338 e. The van der Waals surface area contributed by atoms with E-state index in [1.807, 2.05) is 36.7 Å². The van der Waals surface area contributed by atoms with Gasteiger partial charge in [-0.3, -0.25) is 9.48 Å². The average Bonchev–Trinajstić information content (AvgIpc) is 3.14. The summed E-state index contributed by atoms with van der Waals surface area (Å²) >= 11 is 6.11. The number of aromatic nitrogens is 2. The Morgan fingerprint density at radius 1 is 1.36 bits per heavy atom. The topological polar surface area (TPSA) is 72.3 Å². The van der Waals surface area contributed by atoms with Gasteiger partial charge < -0.3 is 4.90 Å². The summed E-state index contributed by atoms with van der Waals surface area (Å²) in [6.07, 6.45) is 3.78. The number of hydrogen-bond donors (Lipinski definition) is 0. The van der Waals surface area contributed by atoms with E-state index in [0.29, 0.717) is 18.0 Å². The van der Waals surface area contributed by atoms with E-state index in [4.69, 9.17) is 11.6 Å². The number of halogens is 1. The lowest BCUT2D eigenvalue weighted by Gasteiger charge is -2.16. The molecular formula is C20H24ClN3O3S. The SMILES string of the molecule is Cc1nn([C@@H]2CCS(=O)(=O)C2)c(C)c1CN(C)C(=O)/C=C/c1ccccc1Cl. The zero-order valence-electron chi connectivity index (χ0n) is 16.2. The Balaban J connectivity index is 1.73. The van der Waals surface area contributed by atoms with Crippen LogP contribution in [0.5, 0.6) is 0 Å². The molecule has 1 aromatic heterocycles. The molecular weight excluding hydrogens is 398 g/mol. The highest BCUT2D eigenvalue weighted by atomic mass is 35.5. The Kier molecular flexibility index (Phi) is 5.95. The first-order chi connectivity index (χ1) is 13.2. The van der Waals surface area contributed by atoms with Crippen molar-refractivity contribution in [3.8, 4) is 0 Å². The summed E-state index contributed by atoms with van der Waals surface area (Å²) in [7, 11) is -1.25. The molecule has 2 aromatic rings.